The Morgan fingerprint density at radius 2 is 2.19 bits per heavy atom. The maximum atomic E-state index is 12.1. The fourth-order valence-electron chi connectivity index (χ4n) is 1.75. The van der Waals surface area contributed by atoms with Gasteiger partial charge >= 0.3 is 0 Å². The van der Waals surface area contributed by atoms with Crippen LogP contribution in [0.1, 0.15) is 15.9 Å². The van der Waals surface area contributed by atoms with Crippen molar-refractivity contribution in [3.8, 4) is 0 Å². The van der Waals surface area contributed by atoms with Gasteiger partial charge in [0.25, 0.3) is 5.91 Å². The van der Waals surface area contributed by atoms with E-state index in [0.29, 0.717) is 18.7 Å². The average molecular weight is 309 g/mol. The smallest absolute Gasteiger partial charge is 0.251 e. The number of nitrogens with one attached hydrogen (secondary N) is 1. The zero-order valence-electron chi connectivity index (χ0n) is 11.4. The molecule has 2 aromatic rings. The normalized spacial score (nSPS) is 11.3. The lowest BCUT2D eigenvalue weighted by Crippen LogP contribution is -2.28. The SMILES string of the molecule is Cc1ccc(S(N)(=O)=O)cc1C(=O)NCCn1ccnn1. The topological polar surface area (TPSA) is 120 Å². The number of carbonyl (C=O) groups is 1. The van der Waals surface area contributed by atoms with Crippen LogP contribution in [0.4, 0.5) is 0 Å². The van der Waals surface area contributed by atoms with Gasteiger partial charge in [0, 0.05) is 18.3 Å². The van der Waals surface area contributed by atoms with Gasteiger partial charge in [0.2, 0.25) is 10.0 Å². The Morgan fingerprint density at radius 3 is 2.81 bits per heavy atom. The summed E-state index contributed by atoms with van der Waals surface area (Å²) in [5.41, 5.74) is 0.945. The first-order chi connectivity index (χ1) is 9.88. The third kappa shape index (κ3) is 3.86. The lowest BCUT2D eigenvalue weighted by Gasteiger charge is -2.09. The molecule has 0 saturated carbocycles. The standard InChI is InChI=1S/C12H15N5O3S/c1-9-2-3-10(21(13,19)20)8-11(9)12(18)14-4-6-17-7-5-15-16-17/h2-3,5,7-8H,4,6H2,1H3,(H,14,18)(H2,13,19,20). The zero-order chi connectivity index (χ0) is 15.5. The average Bonchev–Trinajstić information content (AvgIpc) is 2.91. The molecule has 1 aromatic heterocycles. The second kappa shape index (κ2) is 6.02. The predicted octanol–water partition coefficient (Wildman–Crippen LogP) is -0.336. The molecular formula is C12H15N5O3S. The van der Waals surface area contributed by atoms with E-state index < -0.39 is 10.0 Å². The minimum absolute atomic E-state index is 0.0884. The van der Waals surface area contributed by atoms with Gasteiger partial charge in [-0.1, -0.05) is 11.3 Å². The van der Waals surface area contributed by atoms with Crippen molar-refractivity contribution < 1.29 is 13.2 Å². The largest absolute Gasteiger partial charge is 0.350 e. The lowest BCUT2D eigenvalue weighted by atomic mass is 10.1. The Morgan fingerprint density at radius 1 is 1.43 bits per heavy atom. The number of hydrogen-bond acceptors (Lipinski definition) is 5. The predicted molar refractivity (Wildman–Crippen MR) is 74.9 cm³/mol. The van der Waals surface area contributed by atoms with Crippen molar-refractivity contribution >= 4 is 15.9 Å². The van der Waals surface area contributed by atoms with Crippen LogP contribution in [0.2, 0.25) is 0 Å². The summed E-state index contributed by atoms with van der Waals surface area (Å²) in [6.07, 6.45) is 3.22. The molecule has 0 unspecified atom stereocenters. The van der Waals surface area contributed by atoms with Crippen LogP contribution in [0.15, 0.2) is 35.5 Å². The number of benzene rings is 1. The summed E-state index contributed by atoms with van der Waals surface area (Å²) in [4.78, 5) is 12.0. The molecule has 0 saturated heterocycles. The van der Waals surface area contributed by atoms with Crippen LogP contribution in [0, 0.1) is 6.92 Å². The molecule has 0 atom stereocenters. The van der Waals surface area contributed by atoms with Crippen LogP contribution < -0.4 is 10.5 Å². The molecule has 0 aliphatic rings. The Kier molecular flexibility index (Phi) is 4.34. The van der Waals surface area contributed by atoms with Gasteiger partial charge in [-0.2, -0.15) is 0 Å². The quantitative estimate of drug-likeness (QED) is 0.783. The van der Waals surface area contributed by atoms with Gasteiger partial charge in [0.15, 0.2) is 0 Å². The molecule has 0 radical (unpaired) electrons. The minimum atomic E-state index is -3.83. The molecule has 9 heteroatoms. The molecule has 1 amide bonds. The highest BCUT2D eigenvalue weighted by molar-refractivity contribution is 7.89. The van der Waals surface area contributed by atoms with E-state index in [1.165, 1.54) is 12.1 Å². The van der Waals surface area contributed by atoms with Crippen molar-refractivity contribution in [2.45, 2.75) is 18.4 Å². The van der Waals surface area contributed by atoms with Crippen molar-refractivity contribution in [3.05, 3.63) is 41.7 Å². The first-order valence-electron chi connectivity index (χ1n) is 6.13. The highest BCUT2D eigenvalue weighted by Crippen LogP contribution is 2.14. The number of rotatable bonds is 5. The maximum Gasteiger partial charge on any atom is 0.251 e. The molecular weight excluding hydrogens is 294 g/mol. The number of hydrogen-bond donors (Lipinski definition) is 2. The van der Waals surface area contributed by atoms with E-state index in [1.807, 2.05) is 0 Å². The van der Waals surface area contributed by atoms with E-state index in [2.05, 4.69) is 15.6 Å². The molecule has 8 nitrogen and oxygen atoms in total. The van der Waals surface area contributed by atoms with E-state index in [9.17, 15) is 13.2 Å². The van der Waals surface area contributed by atoms with E-state index >= 15 is 0 Å². The number of nitrogens with two attached hydrogens (primary N) is 1. The first kappa shape index (κ1) is 15.1. The summed E-state index contributed by atoms with van der Waals surface area (Å²) in [5.74, 6) is -0.363. The van der Waals surface area contributed by atoms with Gasteiger partial charge < -0.3 is 5.32 Å². The molecule has 112 valence electrons. The van der Waals surface area contributed by atoms with E-state index in [4.69, 9.17) is 5.14 Å². The zero-order valence-corrected chi connectivity index (χ0v) is 12.2. The molecule has 0 aliphatic heterocycles. The van der Waals surface area contributed by atoms with Crippen LogP contribution in [0.3, 0.4) is 0 Å². The summed E-state index contributed by atoms with van der Waals surface area (Å²) >= 11 is 0. The second-order valence-electron chi connectivity index (χ2n) is 4.44. The molecule has 1 aromatic carbocycles. The third-order valence-corrected chi connectivity index (χ3v) is 3.79. The molecule has 21 heavy (non-hydrogen) atoms. The molecule has 1 heterocycles. The van der Waals surface area contributed by atoms with Crippen LogP contribution in [0.25, 0.3) is 0 Å². The van der Waals surface area contributed by atoms with Gasteiger partial charge in [-0.3, -0.25) is 9.48 Å². The minimum Gasteiger partial charge on any atom is -0.350 e. The summed E-state index contributed by atoms with van der Waals surface area (Å²) in [5, 5.41) is 15.2. The Balaban J connectivity index is 2.08. The molecule has 0 spiro atoms. The van der Waals surface area contributed by atoms with Gasteiger partial charge in [-0.05, 0) is 24.6 Å². The monoisotopic (exact) mass is 309 g/mol. The highest BCUT2D eigenvalue weighted by Gasteiger charge is 2.14. The van der Waals surface area contributed by atoms with Crippen molar-refractivity contribution in [3.63, 3.8) is 0 Å². The molecule has 0 bridgehead atoms. The Bertz CT molecular complexity index is 740. The summed E-state index contributed by atoms with van der Waals surface area (Å²) in [6.45, 7) is 2.54. The number of primary sulfonamides is 1. The van der Waals surface area contributed by atoms with Gasteiger partial charge in [0.1, 0.15) is 0 Å². The number of nitrogens with zero attached hydrogens (tertiary/aromatic N) is 3. The summed E-state index contributed by atoms with van der Waals surface area (Å²) < 4.78 is 24.2. The first-order valence-corrected chi connectivity index (χ1v) is 7.68. The van der Waals surface area contributed by atoms with Gasteiger partial charge in [0.05, 0.1) is 17.6 Å². The van der Waals surface area contributed by atoms with Crippen molar-refractivity contribution in [1.29, 1.82) is 0 Å². The fraction of sp³-hybridized carbons (Fsp3) is 0.250. The third-order valence-electron chi connectivity index (χ3n) is 2.88. The van der Waals surface area contributed by atoms with Gasteiger partial charge in [-0.15, -0.1) is 5.10 Å². The summed E-state index contributed by atoms with van der Waals surface area (Å²) in [7, 11) is -3.83. The van der Waals surface area contributed by atoms with E-state index in [1.54, 1.807) is 30.1 Å². The van der Waals surface area contributed by atoms with Crippen LogP contribution in [0.5, 0.6) is 0 Å². The Hall–Kier alpha value is -2.26. The second-order valence-corrected chi connectivity index (χ2v) is 6.01. The Labute approximate surface area is 122 Å². The van der Waals surface area contributed by atoms with Crippen molar-refractivity contribution in [2.24, 2.45) is 5.14 Å². The van der Waals surface area contributed by atoms with E-state index in [-0.39, 0.29) is 16.4 Å². The number of carbonyl (C=O) groups excluding carboxylic acids is 1. The summed E-state index contributed by atoms with van der Waals surface area (Å²) in [6, 6.07) is 4.19. The van der Waals surface area contributed by atoms with Crippen molar-refractivity contribution in [2.75, 3.05) is 6.54 Å². The number of amides is 1. The number of aryl methyl sites for hydroxylation is 1. The fourth-order valence-corrected chi connectivity index (χ4v) is 2.29. The van der Waals surface area contributed by atoms with Crippen LogP contribution in [-0.4, -0.2) is 35.9 Å². The van der Waals surface area contributed by atoms with Crippen molar-refractivity contribution in [1.82, 2.24) is 20.3 Å². The molecule has 2 rings (SSSR count). The lowest BCUT2D eigenvalue weighted by molar-refractivity contribution is 0.0951. The number of aromatic nitrogens is 3. The van der Waals surface area contributed by atoms with E-state index in [0.717, 1.165) is 0 Å². The highest BCUT2D eigenvalue weighted by atomic mass is 32.2. The van der Waals surface area contributed by atoms with Crippen LogP contribution >= 0.6 is 0 Å². The molecule has 3 N–H and O–H groups in total. The maximum absolute atomic E-state index is 12.1. The van der Waals surface area contributed by atoms with Gasteiger partial charge in [-0.25, -0.2) is 13.6 Å². The molecule has 0 fully saturated rings. The molecule has 0 aliphatic carbocycles. The number of sulfonamides is 1. The van der Waals surface area contributed by atoms with Crippen LogP contribution in [-0.2, 0) is 16.6 Å².